The van der Waals surface area contributed by atoms with Gasteiger partial charge in [-0.1, -0.05) is 43.3 Å². The van der Waals surface area contributed by atoms with E-state index < -0.39 is 0 Å². The van der Waals surface area contributed by atoms with Gasteiger partial charge in [-0.25, -0.2) is 4.52 Å². The number of carbonyl (C=O) groups excluding carboxylic acids is 1. The van der Waals surface area contributed by atoms with E-state index in [1.807, 2.05) is 62.4 Å². The first-order valence-electron chi connectivity index (χ1n) is 9.79. The monoisotopic (exact) mass is 401 g/mol. The molecule has 7 heteroatoms. The van der Waals surface area contributed by atoms with Crippen LogP contribution >= 0.6 is 0 Å². The molecule has 30 heavy (non-hydrogen) atoms. The van der Waals surface area contributed by atoms with Gasteiger partial charge in [0.1, 0.15) is 5.75 Å². The van der Waals surface area contributed by atoms with Gasteiger partial charge in [0.2, 0.25) is 0 Å². The summed E-state index contributed by atoms with van der Waals surface area (Å²) in [5.41, 5.74) is 5.97. The summed E-state index contributed by atoms with van der Waals surface area (Å²) in [5, 5.41) is 16.2. The second-order valence-electron chi connectivity index (χ2n) is 7.07. The minimum absolute atomic E-state index is 0.218. The fourth-order valence-corrected chi connectivity index (χ4v) is 3.51. The van der Waals surface area contributed by atoms with Crippen LogP contribution < -0.4 is 10.1 Å². The Bertz CT molecular complexity index is 1230. The fourth-order valence-electron chi connectivity index (χ4n) is 3.51. The van der Waals surface area contributed by atoms with Crippen LogP contribution in [0.4, 0.5) is 5.69 Å². The van der Waals surface area contributed by atoms with Gasteiger partial charge in [0.25, 0.3) is 5.91 Å². The number of aryl methyl sites for hydroxylation is 3. The third kappa shape index (κ3) is 3.39. The topological polar surface area (TPSA) is 81.4 Å². The first kappa shape index (κ1) is 19.6. The minimum atomic E-state index is -0.361. The van der Waals surface area contributed by atoms with Gasteiger partial charge >= 0.3 is 0 Å². The lowest BCUT2D eigenvalue weighted by Gasteiger charge is -2.11. The molecule has 2 aromatic heterocycles. The first-order chi connectivity index (χ1) is 14.5. The van der Waals surface area contributed by atoms with Gasteiger partial charge < -0.3 is 10.1 Å². The van der Waals surface area contributed by atoms with Crippen LogP contribution in [0.5, 0.6) is 5.75 Å². The van der Waals surface area contributed by atoms with E-state index in [-0.39, 0.29) is 11.6 Å². The van der Waals surface area contributed by atoms with E-state index in [0.717, 1.165) is 28.8 Å². The number of carbonyl (C=O) groups is 1. The summed E-state index contributed by atoms with van der Waals surface area (Å²) in [6.45, 7) is 5.83. The molecule has 0 aliphatic heterocycles. The maximum absolute atomic E-state index is 13.0. The Morgan fingerprint density at radius 2 is 1.87 bits per heavy atom. The number of amides is 1. The van der Waals surface area contributed by atoms with Crippen LogP contribution in [0.2, 0.25) is 0 Å². The summed E-state index contributed by atoms with van der Waals surface area (Å²) in [6, 6.07) is 15.6. The summed E-state index contributed by atoms with van der Waals surface area (Å²) in [4.78, 5) is 13.0. The molecule has 0 saturated carbocycles. The van der Waals surface area contributed by atoms with E-state index in [1.165, 1.54) is 0 Å². The van der Waals surface area contributed by atoms with E-state index >= 15 is 0 Å². The molecular formula is C23H23N5O2. The second-order valence-corrected chi connectivity index (χ2v) is 7.07. The van der Waals surface area contributed by atoms with Gasteiger partial charge in [-0.3, -0.25) is 4.79 Å². The van der Waals surface area contributed by atoms with Crippen molar-refractivity contribution in [1.82, 2.24) is 19.8 Å². The maximum atomic E-state index is 13.0. The Hall–Kier alpha value is -3.74. The van der Waals surface area contributed by atoms with Crippen LogP contribution in [0.1, 0.15) is 34.4 Å². The molecule has 0 bridgehead atoms. The van der Waals surface area contributed by atoms with Crippen molar-refractivity contribution in [2.45, 2.75) is 27.2 Å². The Balaban J connectivity index is 1.78. The standard InChI is InChI=1S/C23H23N5O2/c1-5-17-20(16-9-7-6-8-10-16)22-26-25-21(15(3)28(22)27-17)23(29)24-18-13-14(2)11-12-19(18)30-4/h6-13H,5H2,1-4H3,(H,24,29). The van der Waals surface area contributed by atoms with Gasteiger partial charge in [0, 0.05) is 0 Å². The number of anilines is 1. The zero-order valence-electron chi connectivity index (χ0n) is 17.4. The van der Waals surface area contributed by atoms with Crippen molar-refractivity contribution < 1.29 is 9.53 Å². The average Bonchev–Trinajstić information content (AvgIpc) is 3.14. The molecule has 2 heterocycles. The number of hydrogen-bond donors (Lipinski definition) is 1. The molecule has 0 aliphatic carbocycles. The maximum Gasteiger partial charge on any atom is 0.278 e. The molecule has 0 atom stereocenters. The van der Waals surface area contributed by atoms with Crippen molar-refractivity contribution in [2.24, 2.45) is 0 Å². The van der Waals surface area contributed by atoms with Crippen LogP contribution in [0, 0.1) is 13.8 Å². The normalized spacial score (nSPS) is 10.9. The van der Waals surface area contributed by atoms with Gasteiger partial charge in [-0.05, 0) is 43.5 Å². The third-order valence-electron chi connectivity index (χ3n) is 5.05. The van der Waals surface area contributed by atoms with Crippen LogP contribution in [0.3, 0.4) is 0 Å². The molecule has 0 saturated heterocycles. The number of benzene rings is 2. The summed E-state index contributed by atoms with van der Waals surface area (Å²) in [6.07, 6.45) is 0.745. The summed E-state index contributed by atoms with van der Waals surface area (Å²) >= 11 is 0. The van der Waals surface area contributed by atoms with E-state index in [0.29, 0.717) is 22.8 Å². The number of fused-ring (bicyclic) bond motifs is 1. The third-order valence-corrected chi connectivity index (χ3v) is 5.05. The number of aromatic nitrogens is 4. The zero-order valence-corrected chi connectivity index (χ0v) is 17.4. The Labute approximate surface area is 174 Å². The Morgan fingerprint density at radius 1 is 1.10 bits per heavy atom. The van der Waals surface area contributed by atoms with E-state index in [2.05, 4.69) is 22.4 Å². The van der Waals surface area contributed by atoms with E-state index in [9.17, 15) is 4.79 Å². The molecule has 2 aromatic carbocycles. The first-order valence-corrected chi connectivity index (χ1v) is 9.79. The van der Waals surface area contributed by atoms with E-state index in [4.69, 9.17) is 9.84 Å². The van der Waals surface area contributed by atoms with Gasteiger partial charge in [-0.2, -0.15) is 5.10 Å². The smallest absolute Gasteiger partial charge is 0.278 e. The average molecular weight is 401 g/mol. The Kier molecular flexibility index (Phi) is 5.18. The molecule has 0 spiro atoms. The highest BCUT2D eigenvalue weighted by Crippen LogP contribution is 2.29. The van der Waals surface area contributed by atoms with Gasteiger partial charge in [0.05, 0.1) is 29.7 Å². The molecular weight excluding hydrogens is 378 g/mol. The lowest BCUT2D eigenvalue weighted by Crippen LogP contribution is -2.19. The SMILES string of the molecule is CCc1nn2c(C)c(C(=O)Nc3cc(C)ccc3OC)nnc2c1-c1ccccc1. The van der Waals surface area contributed by atoms with Gasteiger partial charge in [-0.15, -0.1) is 10.2 Å². The highest BCUT2D eigenvalue weighted by atomic mass is 16.5. The number of nitrogens with zero attached hydrogens (tertiary/aromatic N) is 4. The highest BCUT2D eigenvalue weighted by molar-refractivity contribution is 6.04. The molecule has 0 fully saturated rings. The predicted octanol–water partition coefficient (Wildman–Crippen LogP) is 4.23. The predicted molar refractivity (Wildman–Crippen MR) is 116 cm³/mol. The lowest BCUT2D eigenvalue weighted by atomic mass is 10.0. The number of hydrogen-bond acceptors (Lipinski definition) is 5. The van der Waals surface area contributed by atoms with Crippen LogP contribution in [0.25, 0.3) is 16.8 Å². The summed E-state index contributed by atoms with van der Waals surface area (Å²) in [7, 11) is 1.57. The summed E-state index contributed by atoms with van der Waals surface area (Å²) in [5.74, 6) is 0.222. The molecule has 1 N–H and O–H groups in total. The van der Waals surface area contributed by atoms with Crippen molar-refractivity contribution in [1.29, 1.82) is 0 Å². The van der Waals surface area contributed by atoms with Crippen LogP contribution in [0.15, 0.2) is 48.5 Å². The minimum Gasteiger partial charge on any atom is -0.495 e. The van der Waals surface area contributed by atoms with E-state index in [1.54, 1.807) is 11.6 Å². The molecule has 4 rings (SSSR count). The fraction of sp³-hybridized carbons (Fsp3) is 0.217. The van der Waals surface area contributed by atoms with Crippen molar-refractivity contribution in [3.05, 3.63) is 71.2 Å². The van der Waals surface area contributed by atoms with Crippen molar-refractivity contribution in [2.75, 3.05) is 12.4 Å². The summed E-state index contributed by atoms with van der Waals surface area (Å²) < 4.78 is 7.06. The Morgan fingerprint density at radius 3 is 2.57 bits per heavy atom. The molecule has 152 valence electrons. The highest BCUT2D eigenvalue weighted by Gasteiger charge is 2.21. The quantitative estimate of drug-likeness (QED) is 0.541. The van der Waals surface area contributed by atoms with Gasteiger partial charge in [0.15, 0.2) is 11.3 Å². The molecule has 4 aromatic rings. The second kappa shape index (κ2) is 7.94. The number of nitrogens with one attached hydrogen (secondary N) is 1. The largest absolute Gasteiger partial charge is 0.495 e. The molecule has 0 aliphatic rings. The van der Waals surface area contributed by atoms with Crippen molar-refractivity contribution in [3.63, 3.8) is 0 Å². The lowest BCUT2D eigenvalue weighted by molar-refractivity contribution is 0.101. The number of methoxy groups -OCH3 is 1. The number of rotatable bonds is 5. The van der Waals surface area contributed by atoms with Crippen LogP contribution in [-0.4, -0.2) is 32.8 Å². The molecule has 1 amide bonds. The van der Waals surface area contributed by atoms with Crippen molar-refractivity contribution >= 4 is 17.2 Å². The van der Waals surface area contributed by atoms with Crippen LogP contribution in [-0.2, 0) is 6.42 Å². The molecule has 0 radical (unpaired) electrons. The molecule has 7 nitrogen and oxygen atoms in total. The molecule has 0 unspecified atom stereocenters. The van der Waals surface area contributed by atoms with Crippen molar-refractivity contribution in [3.8, 4) is 16.9 Å². The zero-order chi connectivity index (χ0) is 21.3. The number of ether oxygens (including phenoxy) is 1.